The highest BCUT2D eigenvalue weighted by Crippen LogP contribution is 2.26. The lowest BCUT2D eigenvalue weighted by molar-refractivity contribution is 0.0515. The number of hydrogen-bond acceptors (Lipinski definition) is 4. The van der Waals surface area contributed by atoms with Crippen LogP contribution >= 0.6 is 0 Å². The van der Waals surface area contributed by atoms with Gasteiger partial charge < -0.3 is 19.8 Å². The van der Waals surface area contributed by atoms with Crippen LogP contribution in [-0.2, 0) is 16.0 Å². The van der Waals surface area contributed by atoms with Gasteiger partial charge in [0.15, 0.2) is 0 Å². The lowest BCUT2D eigenvalue weighted by Crippen LogP contribution is -2.17. The second-order valence-electron chi connectivity index (χ2n) is 8.72. The van der Waals surface area contributed by atoms with E-state index in [1.54, 1.807) is 13.0 Å². The monoisotopic (exact) mass is 471 g/mol. The summed E-state index contributed by atoms with van der Waals surface area (Å²) in [6.07, 6.45) is -0.727. The number of esters is 1. The fraction of sp³-hybridized carbons (Fsp3) is 0.250. The summed E-state index contributed by atoms with van der Waals surface area (Å²) in [5.74, 6) is -0.147. The van der Waals surface area contributed by atoms with Crippen LogP contribution in [0.5, 0.6) is 0 Å². The molecule has 0 atom stereocenters. The molecule has 4 aromatic rings. The van der Waals surface area contributed by atoms with Gasteiger partial charge in [0.05, 0.1) is 13.2 Å². The van der Waals surface area contributed by atoms with E-state index < -0.39 is 12.1 Å². The third-order valence-corrected chi connectivity index (χ3v) is 5.64. The van der Waals surface area contributed by atoms with Crippen LogP contribution in [0.4, 0.5) is 4.79 Å². The van der Waals surface area contributed by atoms with Crippen LogP contribution in [-0.4, -0.2) is 35.7 Å². The molecular weight excluding hydrogens is 442 g/mol. The molecule has 180 valence electrons. The Labute approximate surface area is 204 Å². The van der Waals surface area contributed by atoms with E-state index in [1.165, 1.54) is 0 Å². The van der Waals surface area contributed by atoms with Crippen molar-refractivity contribution in [3.05, 3.63) is 83.6 Å². The summed E-state index contributed by atoms with van der Waals surface area (Å²) >= 11 is 0. The minimum absolute atomic E-state index is 0.0521. The average molecular weight is 472 g/mol. The Bertz CT molecular complexity index is 1410. The van der Waals surface area contributed by atoms with Crippen molar-refractivity contribution >= 4 is 39.6 Å². The first-order valence-electron chi connectivity index (χ1n) is 11.7. The Morgan fingerprint density at radius 2 is 1.74 bits per heavy atom. The van der Waals surface area contributed by atoms with Crippen LogP contribution in [0.15, 0.2) is 71.7 Å². The summed E-state index contributed by atoms with van der Waals surface area (Å²) in [6.45, 7) is 6.67. The molecule has 0 aliphatic rings. The highest BCUT2D eigenvalue weighted by atomic mass is 16.5. The summed E-state index contributed by atoms with van der Waals surface area (Å²) in [4.78, 5) is 28.7. The van der Waals surface area contributed by atoms with E-state index in [1.807, 2.05) is 60.9 Å². The summed E-state index contributed by atoms with van der Waals surface area (Å²) in [5.41, 5.74) is 8.99. The van der Waals surface area contributed by atoms with Gasteiger partial charge in [0.1, 0.15) is 11.5 Å². The Kier molecular flexibility index (Phi) is 7.15. The highest BCUT2D eigenvalue weighted by molar-refractivity contribution is 6.05. The third kappa shape index (κ3) is 5.35. The number of nitrogens with zero attached hydrogens (tertiary/aromatic N) is 2. The maximum atomic E-state index is 12.8. The topological polar surface area (TPSA) is 95.9 Å². The number of fused-ring (bicyclic) bond motifs is 2. The van der Waals surface area contributed by atoms with E-state index in [4.69, 9.17) is 15.2 Å². The number of aliphatic imine (C=N–C) groups is 1. The SMILES string of the molecule is CCOC(=O)c1cc2ccc(/C(N)=N/C(=O)OCC(C)C)cc2n1Cc1cccc2ccccc12. The quantitative estimate of drug-likeness (QED) is 0.218. The third-order valence-electron chi connectivity index (χ3n) is 5.64. The Morgan fingerprint density at radius 3 is 2.51 bits per heavy atom. The first kappa shape index (κ1) is 24.0. The molecule has 1 aromatic heterocycles. The van der Waals surface area contributed by atoms with Crippen molar-refractivity contribution < 1.29 is 19.1 Å². The van der Waals surface area contributed by atoms with Gasteiger partial charge in [-0.2, -0.15) is 4.99 Å². The molecule has 0 aliphatic heterocycles. The van der Waals surface area contributed by atoms with Crippen LogP contribution in [0, 0.1) is 5.92 Å². The van der Waals surface area contributed by atoms with Crippen molar-refractivity contribution in [1.82, 2.24) is 4.57 Å². The predicted octanol–water partition coefficient (Wildman–Crippen LogP) is 5.52. The fourth-order valence-corrected chi connectivity index (χ4v) is 3.99. The average Bonchev–Trinajstić information content (AvgIpc) is 3.21. The number of aromatic nitrogens is 1. The van der Waals surface area contributed by atoms with Crippen LogP contribution in [0.25, 0.3) is 21.7 Å². The molecule has 35 heavy (non-hydrogen) atoms. The molecule has 7 heteroatoms. The van der Waals surface area contributed by atoms with Crippen LogP contribution in [0.3, 0.4) is 0 Å². The van der Waals surface area contributed by atoms with Crippen molar-refractivity contribution in [2.45, 2.75) is 27.3 Å². The summed E-state index contributed by atoms with van der Waals surface area (Å²) < 4.78 is 12.4. The highest BCUT2D eigenvalue weighted by Gasteiger charge is 2.19. The number of hydrogen-bond donors (Lipinski definition) is 1. The number of benzene rings is 3. The van der Waals surface area contributed by atoms with Crippen molar-refractivity contribution in [2.75, 3.05) is 13.2 Å². The first-order valence-corrected chi connectivity index (χ1v) is 11.7. The number of amidine groups is 1. The number of carbonyl (C=O) groups excluding carboxylic acids is 2. The van der Waals surface area contributed by atoms with Gasteiger partial charge in [0.2, 0.25) is 0 Å². The number of ether oxygens (including phenoxy) is 2. The lowest BCUT2D eigenvalue weighted by Gasteiger charge is -2.13. The number of rotatable bonds is 7. The van der Waals surface area contributed by atoms with E-state index >= 15 is 0 Å². The Morgan fingerprint density at radius 1 is 0.971 bits per heavy atom. The minimum atomic E-state index is -0.727. The van der Waals surface area contributed by atoms with Gasteiger partial charge in [-0.3, -0.25) is 0 Å². The van der Waals surface area contributed by atoms with E-state index in [0.717, 1.165) is 27.2 Å². The van der Waals surface area contributed by atoms with Crippen molar-refractivity contribution in [3.8, 4) is 0 Å². The number of amides is 1. The standard InChI is InChI=1S/C28H29N3O4/c1-4-34-27(32)25-14-20-12-13-21(26(29)30-28(33)35-17-18(2)3)15-24(20)31(25)16-22-10-7-9-19-8-5-6-11-23(19)22/h5-15,18H,4,16-17H2,1-3H3,(H2,29,30,33). The molecular formula is C28H29N3O4. The van der Waals surface area contributed by atoms with Crippen LogP contribution < -0.4 is 5.73 Å². The largest absolute Gasteiger partial charge is 0.461 e. The lowest BCUT2D eigenvalue weighted by atomic mass is 10.0. The molecule has 2 N–H and O–H groups in total. The first-order chi connectivity index (χ1) is 16.9. The van der Waals surface area contributed by atoms with E-state index in [9.17, 15) is 9.59 Å². The smallest absolute Gasteiger partial charge is 0.435 e. The molecule has 1 amide bonds. The van der Waals surface area contributed by atoms with Crippen molar-refractivity contribution in [3.63, 3.8) is 0 Å². The normalized spacial score (nSPS) is 11.8. The Balaban J connectivity index is 1.78. The molecule has 0 spiro atoms. The molecule has 0 fully saturated rings. The van der Waals surface area contributed by atoms with E-state index in [-0.39, 0.29) is 25.0 Å². The van der Waals surface area contributed by atoms with E-state index in [2.05, 4.69) is 23.2 Å². The van der Waals surface area contributed by atoms with Crippen LogP contribution in [0.1, 0.15) is 42.4 Å². The van der Waals surface area contributed by atoms with Crippen molar-refractivity contribution in [2.24, 2.45) is 16.6 Å². The molecule has 0 radical (unpaired) electrons. The van der Waals surface area contributed by atoms with Gasteiger partial charge >= 0.3 is 12.1 Å². The summed E-state index contributed by atoms with van der Waals surface area (Å²) in [7, 11) is 0. The predicted molar refractivity (Wildman–Crippen MR) is 138 cm³/mol. The molecule has 7 nitrogen and oxygen atoms in total. The zero-order chi connectivity index (χ0) is 24.9. The second kappa shape index (κ2) is 10.4. The van der Waals surface area contributed by atoms with Crippen LogP contribution in [0.2, 0.25) is 0 Å². The van der Waals surface area contributed by atoms with Gasteiger partial charge in [-0.1, -0.05) is 68.4 Å². The summed E-state index contributed by atoms with van der Waals surface area (Å²) in [6, 6.07) is 21.5. The molecule has 0 aliphatic carbocycles. The zero-order valence-corrected chi connectivity index (χ0v) is 20.2. The molecule has 0 saturated carbocycles. The number of nitrogens with two attached hydrogens (primary N) is 1. The van der Waals surface area contributed by atoms with E-state index in [0.29, 0.717) is 17.8 Å². The zero-order valence-electron chi connectivity index (χ0n) is 20.2. The summed E-state index contributed by atoms with van der Waals surface area (Å²) in [5, 5.41) is 3.08. The Hall–Kier alpha value is -4.13. The fourth-order valence-electron chi connectivity index (χ4n) is 3.99. The maximum absolute atomic E-state index is 12.8. The van der Waals surface area contributed by atoms with Gasteiger partial charge in [-0.15, -0.1) is 0 Å². The second-order valence-corrected chi connectivity index (χ2v) is 8.72. The van der Waals surface area contributed by atoms with Gasteiger partial charge in [-0.25, -0.2) is 9.59 Å². The molecule has 3 aromatic carbocycles. The number of carbonyl (C=O) groups is 2. The molecule has 4 rings (SSSR count). The van der Waals surface area contributed by atoms with Gasteiger partial charge in [-0.05, 0) is 41.3 Å². The van der Waals surface area contributed by atoms with Crippen molar-refractivity contribution in [1.29, 1.82) is 0 Å². The minimum Gasteiger partial charge on any atom is -0.461 e. The van der Waals surface area contributed by atoms with Gasteiger partial charge in [0.25, 0.3) is 0 Å². The molecule has 0 bridgehead atoms. The molecule has 1 heterocycles. The maximum Gasteiger partial charge on any atom is 0.435 e. The van der Waals surface area contributed by atoms with Gasteiger partial charge in [0, 0.05) is 23.0 Å². The molecule has 0 unspecified atom stereocenters. The molecule has 0 saturated heterocycles.